The van der Waals surface area contributed by atoms with E-state index < -0.39 is 0 Å². The number of fused-ring (bicyclic) bond motifs is 1. The van der Waals surface area contributed by atoms with E-state index in [9.17, 15) is 0 Å². The van der Waals surface area contributed by atoms with Gasteiger partial charge in [-0.05, 0) is 35.9 Å². The third-order valence-electron chi connectivity index (χ3n) is 4.51. The molecule has 0 aliphatic rings. The van der Waals surface area contributed by atoms with E-state index in [1.54, 1.807) is 10.9 Å². The molecule has 5 aromatic rings. The number of aromatic nitrogens is 5. The summed E-state index contributed by atoms with van der Waals surface area (Å²) < 4.78 is 7.40. The van der Waals surface area contributed by atoms with Crippen molar-refractivity contribution in [2.24, 2.45) is 0 Å². The summed E-state index contributed by atoms with van der Waals surface area (Å²) >= 11 is 0. The summed E-state index contributed by atoms with van der Waals surface area (Å²) in [5.41, 5.74) is 3.92. The zero-order valence-corrected chi connectivity index (χ0v) is 16.8. The Morgan fingerprint density at radius 3 is 2.52 bits per heavy atom. The van der Waals surface area contributed by atoms with E-state index in [4.69, 9.17) is 11.2 Å². The van der Waals surface area contributed by atoms with Crippen molar-refractivity contribution in [2.45, 2.75) is 13.0 Å². The van der Waals surface area contributed by atoms with Crippen LogP contribution >= 0.6 is 0 Å². The number of terminal acetylenes is 1. The second kappa shape index (κ2) is 9.90. The zero-order valence-electron chi connectivity index (χ0n) is 16.8. The number of aromatic amines is 1. The van der Waals surface area contributed by atoms with E-state index in [-0.39, 0.29) is 0 Å². The molecule has 31 heavy (non-hydrogen) atoms. The van der Waals surface area contributed by atoms with Crippen LogP contribution in [0.3, 0.4) is 0 Å². The predicted octanol–water partition coefficient (Wildman–Crippen LogP) is 4.58. The second-order valence-electron chi connectivity index (χ2n) is 6.76. The van der Waals surface area contributed by atoms with Crippen LogP contribution in [0.2, 0.25) is 0 Å². The average molecular weight is 407 g/mol. The van der Waals surface area contributed by atoms with Gasteiger partial charge >= 0.3 is 0 Å². The van der Waals surface area contributed by atoms with Crippen molar-refractivity contribution in [3.8, 4) is 23.8 Å². The van der Waals surface area contributed by atoms with Gasteiger partial charge in [0.1, 0.15) is 18.1 Å². The van der Waals surface area contributed by atoms with E-state index in [2.05, 4.69) is 26.4 Å². The molecule has 3 aromatic carbocycles. The Morgan fingerprint density at radius 2 is 1.74 bits per heavy atom. The largest absolute Gasteiger partial charge is 0.487 e. The van der Waals surface area contributed by atoms with Crippen LogP contribution in [0.15, 0.2) is 91.3 Å². The van der Waals surface area contributed by atoms with Crippen molar-refractivity contribution in [3.05, 3.63) is 103 Å². The number of para-hydroxylation sites is 1. The summed E-state index contributed by atoms with van der Waals surface area (Å²) in [7, 11) is 0. The lowest BCUT2D eigenvalue weighted by Gasteiger charge is -2.02. The second-order valence-corrected chi connectivity index (χ2v) is 6.76. The molecule has 0 unspecified atom stereocenters. The van der Waals surface area contributed by atoms with Gasteiger partial charge in [0.15, 0.2) is 0 Å². The van der Waals surface area contributed by atoms with Crippen molar-refractivity contribution in [3.63, 3.8) is 0 Å². The molecule has 152 valence electrons. The third kappa shape index (κ3) is 5.37. The SMILES string of the molecule is C#CCc1ccccc1.c1ccc(OCc2cn(-c3ccc4[nH]ncc4c3)nn2)cc1. The quantitative estimate of drug-likeness (QED) is 0.433. The topological polar surface area (TPSA) is 68.6 Å². The summed E-state index contributed by atoms with van der Waals surface area (Å²) in [6.45, 7) is 0.387. The number of benzene rings is 3. The van der Waals surface area contributed by atoms with E-state index >= 15 is 0 Å². The van der Waals surface area contributed by atoms with Crippen molar-refractivity contribution < 1.29 is 4.74 Å². The smallest absolute Gasteiger partial charge is 0.134 e. The third-order valence-corrected chi connectivity index (χ3v) is 4.51. The highest BCUT2D eigenvalue weighted by atomic mass is 16.5. The van der Waals surface area contributed by atoms with Crippen molar-refractivity contribution in [1.82, 2.24) is 25.2 Å². The van der Waals surface area contributed by atoms with Crippen molar-refractivity contribution >= 4 is 10.9 Å². The van der Waals surface area contributed by atoms with Crippen LogP contribution in [0.25, 0.3) is 16.6 Å². The Bertz CT molecular complexity index is 1270. The first-order chi connectivity index (χ1) is 15.3. The molecule has 5 rings (SSSR count). The number of hydrogen-bond acceptors (Lipinski definition) is 4. The highest BCUT2D eigenvalue weighted by molar-refractivity contribution is 5.80. The molecular formula is C25H21N5O. The number of ether oxygens (including phenoxy) is 1. The number of nitrogens with one attached hydrogen (secondary N) is 1. The summed E-state index contributed by atoms with van der Waals surface area (Å²) in [5, 5.41) is 16.3. The van der Waals surface area contributed by atoms with Crippen LogP contribution in [0.5, 0.6) is 5.75 Å². The van der Waals surface area contributed by atoms with Crippen LogP contribution in [0.4, 0.5) is 0 Å². The van der Waals surface area contributed by atoms with Gasteiger partial charge in [-0.3, -0.25) is 5.10 Å². The van der Waals surface area contributed by atoms with Crippen LogP contribution in [-0.4, -0.2) is 25.2 Å². The molecule has 0 spiro atoms. The van der Waals surface area contributed by atoms with Gasteiger partial charge in [-0.1, -0.05) is 53.7 Å². The fourth-order valence-electron chi connectivity index (χ4n) is 2.95. The Hall–Kier alpha value is -4.37. The number of rotatable bonds is 5. The van der Waals surface area contributed by atoms with Crippen molar-refractivity contribution in [2.75, 3.05) is 0 Å². The summed E-state index contributed by atoms with van der Waals surface area (Å²) in [5.74, 6) is 3.40. The molecule has 0 aliphatic carbocycles. The normalized spacial score (nSPS) is 10.2. The monoisotopic (exact) mass is 407 g/mol. The number of H-pyrrole nitrogens is 1. The molecule has 0 aliphatic heterocycles. The Balaban J connectivity index is 0.000000217. The Morgan fingerprint density at radius 1 is 0.968 bits per heavy atom. The fourth-order valence-corrected chi connectivity index (χ4v) is 2.95. The van der Waals surface area contributed by atoms with Gasteiger partial charge in [-0.2, -0.15) is 5.10 Å². The van der Waals surface area contributed by atoms with Crippen LogP contribution in [0, 0.1) is 12.3 Å². The van der Waals surface area contributed by atoms with E-state index in [1.165, 1.54) is 5.56 Å². The fraction of sp³-hybridized carbons (Fsp3) is 0.0800. The molecule has 2 aromatic heterocycles. The minimum atomic E-state index is 0.387. The average Bonchev–Trinajstić information content (AvgIpc) is 3.49. The first-order valence-corrected chi connectivity index (χ1v) is 9.82. The lowest BCUT2D eigenvalue weighted by atomic mass is 10.2. The van der Waals surface area contributed by atoms with Gasteiger partial charge in [0.25, 0.3) is 0 Å². The lowest BCUT2D eigenvalue weighted by molar-refractivity contribution is 0.301. The molecule has 6 nitrogen and oxygen atoms in total. The molecule has 0 bridgehead atoms. The maximum absolute atomic E-state index is 5.67. The summed E-state index contributed by atoms with van der Waals surface area (Å²) in [6.07, 6.45) is 9.50. The minimum Gasteiger partial charge on any atom is -0.487 e. The van der Waals surface area contributed by atoms with Gasteiger partial charge in [0.2, 0.25) is 0 Å². The standard InChI is InChI=1S/C16H13N5O.C9H8/c1-2-4-15(5-3-1)22-11-13-10-21(20-18-13)14-6-7-16-12(8-14)9-17-19-16;1-2-6-9-7-4-3-5-8-9/h1-10H,11H2,(H,17,19);1,3-5,7-8H,6H2. The Labute approximate surface area is 180 Å². The van der Waals surface area contributed by atoms with Gasteiger partial charge in [-0.15, -0.1) is 17.4 Å². The predicted molar refractivity (Wildman–Crippen MR) is 121 cm³/mol. The van der Waals surface area contributed by atoms with Crippen LogP contribution in [-0.2, 0) is 13.0 Å². The van der Waals surface area contributed by atoms with Crippen LogP contribution < -0.4 is 4.74 Å². The molecular weight excluding hydrogens is 386 g/mol. The van der Waals surface area contributed by atoms with E-state index in [1.807, 2.05) is 85.1 Å². The van der Waals surface area contributed by atoms with Crippen LogP contribution in [0.1, 0.15) is 11.3 Å². The number of hydrogen-bond donors (Lipinski definition) is 1. The number of nitrogens with zero attached hydrogens (tertiary/aromatic N) is 4. The summed E-state index contributed by atoms with van der Waals surface area (Å²) in [4.78, 5) is 0. The first kappa shape index (κ1) is 19.9. The molecule has 6 heteroatoms. The highest BCUT2D eigenvalue weighted by Crippen LogP contribution is 2.16. The van der Waals surface area contributed by atoms with Gasteiger partial charge in [0, 0.05) is 11.8 Å². The highest BCUT2D eigenvalue weighted by Gasteiger charge is 2.05. The molecule has 0 radical (unpaired) electrons. The maximum atomic E-state index is 5.67. The van der Waals surface area contributed by atoms with E-state index in [0.29, 0.717) is 6.61 Å². The molecule has 0 atom stereocenters. The molecule has 1 N–H and O–H groups in total. The van der Waals surface area contributed by atoms with Crippen molar-refractivity contribution in [1.29, 1.82) is 0 Å². The van der Waals surface area contributed by atoms with Gasteiger partial charge < -0.3 is 4.74 Å². The first-order valence-electron chi connectivity index (χ1n) is 9.82. The van der Waals surface area contributed by atoms with Gasteiger partial charge in [0.05, 0.1) is 23.6 Å². The molecule has 0 fully saturated rings. The maximum Gasteiger partial charge on any atom is 0.134 e. The molecule has 2 heterocycles. The molecule has 0 amide bonds. The Kier molecular flexibility index (Phi) is 6.36. The minimum absolute atomic E-state index is 0.387. The lowest BCUT2D eigenvalue weighted by Crippen LogP contribution is -1.95. The zero-order chi connectivity index (χ0) is 21.3. The molecule has 0 saturated heterocycles. The van der Waals surface area contributed by atoms with Gasteiger partial charge in [-0.25, -0.2) is 4.68 Å². The summed E-state index contributed by atoms with van der Waals surface area (Å²) in [6, 6.07) is 25.6. The molecule has 0 saturated carbocycles. The van der Waals surface area contributed by atoms with E-state index in [0.717, 1.165) is 34.5 Å².